The molecule has 1 aromatic rings. The Hall–Kier alpha value is -0.860. The summed E-state index contributed by atoms with van der Waals surface area (Å²) < 4.78 is 0. The minimum Gasteiger partial charge on any atom is -0.311 e. The first kappa shape index (κ1) is 15.1. The van der Waals surface area contributed by atoms with Crippen LogP contribution in [0.3, 0.4) is 0 Å². The van der Waals surface area contributed by atoms with E-state index in [9.17, 15) is 0 Å². The van der Waals surface area contributed by atoms with E-state index < -0.39 is 0 Å². The molecule has 2 aliphatic rings. The lowest BCUT2D eigenvalue weighted by molar-refractivity contribution is 0.0695. The van der Waals surface area contributed by atoms with E-state index in [1.807, 2.05) is 0 Å². The summed E-state index contributed by atoms with van der Waals surface area (Å²) in [6, 6.07) is 12.9. The number of benzene rings is 1. The summed E-state index contributed by atoms with van der Waals surface area (Å²) >= 11 is 0. The van der Waals surface area contributed by atoms with Gasteiger partial charge in [-0.3, -0.25) is 4.90 Å². The molecule has 1 aliphatic carbocycles. The smallest absolute Gasteiger partial charge is 0.0476 e. The highest BCUT2D eigenvalue weighted by Gasteiger charge is 2.35. The summed E-state index contributed by atoms with van der Waals surface area (Å²) in [6.07, 6.45) is 4.30. The van der Waals surface area contributed by atoms with Crippen LogP contribution in [0, 0.1) is 11.8 Å². The summed E-state index contributed by atoms with van der Waals surface area (Å²) in [6.45, 7) is 9.39. The van der Waals surface area contributed by atoms with E-state index >= 15 is 0 Å². The van der Waals surface area contributed by atoms with Crippen LogP contribution in [-0.4, -0.2) is 30.1 Å². The highest BCUT2D eigenvalue weighted by Crippen LogP contribution is 2.37. The molecule has 1 heterocycles. The Morgan fingerprint density at radius 2 is 1.86 bits per heavy atom. The first-order chi connectivity index (χ1) is 10.1. The molecule has 0 amide bonds. The van der Waals surface area contributed by atoms with Crippen molar-refractivity contribution in [2.75, 3.05) is 13.1 Å². The average Bonchev–Trinajstić information content (AvgIpc) is 3.31. The minimum atomic E-state index is 0.537. The summed E-state index contributed by atoms with van der Waals surface area (Å²) in [5.41, 5.74) is 1.47. The van der Waals surface area contributed by atoms with E-state index in [1.54, 1.807) is 0 Å². The lowest BCUT2D eigenvalue weighted by Gasteiger charge is -2.45. The van der Waals surface area contributed by atoms with Crippen LogP contribution < -0.4 is 5.32 Å². The Labute approximate surface area is 129 Å². The van der Waals surface area contributed by atoms with Gasteiger partial charge in [-0.2, -0.15) is 0 Å². The number of nitrogens with one attached hydrogen (secondary N) is 1. The van der Waals surface area contributed by atoms with E-state index in [-0.39, 0.29) is 0 Å². The summed E-state index contributed by atoms with van der Waals surface area (Å²) in [7, 11) is 0. The second-order valence-corrected chi connectivity index (χ2v) is 7.41. The number of hydrogen-bond donors (Lipinski definition) is 1. The van der Waals surface area contributed by atoms with Crippen molar-refractivity contribution >= 4 is 0 Å². The van der Waals surface area contributed by atoms with Gasteiger partial charge in [0.25, 0.3) is 0 Å². The van der Waals surface area contributed by atoms with Gasteiger partial charge in [-0.15, -0.1) is 0 Å². The van der Waals surface area contributed by atoms with E-state index in [2.05, 4.69) is 61.3 Å². The van der Waals surface area contributed by atoms with E-state index in [0.717, 1.165) is 12.5 Å². The van der Waals surface area contributed by atoms with Crippen molar-refractivity contribution in [2.45, 2.75) is 58.2 Å². The van der Waals surface area contributed by atoms with E-state index in [0.29, 0.717) is 24.0 Å². The molecule has 21 heavy (non-hydrogen) atoms. The third-order valence-corrected chi connectivity index (χ3v) is 5.31. The van der Waals surface area contributed by atoms with Gasteiger partial charge in [0.05, 0.1) is 0 Å². The van der Waals surface area contributed by atoms with Gasteiger partial charge in [0, 0.05) is 31.2 Å². The monoisotopic (exact) mass is 286 g/mol. The van der Waals surface area contributed by atoms with Crippen LogP contribution in [0.5, 0.6) is 0 Å². The number of nitrogens with zero attached hydrogens (tertiary/aromatic N) is 1. The van der Waals surface area contributed by atoms with Gasteiger partial charge >= 0.3 is 0 Å². The Morgan fingerprint density at radius 1 is 1.14 bits per heavy atom. The lowest BCUT2D eigenvalue weighted by atomic mass is 9.93. The molecular formula is C19H30N2. The molecule has 116 valence electrons. The summed E-state index contributed by atoms with van der Waals surface area (Å²) in [5, 5.41) is 3.78. The topological polar surface area (TPSA) is 15.3 Å². The van der Waals surface area contributed by atoms with Crippen LogP contribution in [0.4, 0.5) is 0 Å². The zero-order valence-corrected chi connectivity index (χ0v) is 13.8. The van der Waals surface area contributed by atoms with Crippen molar-refractivity contribution in [1.82, 2.24) is 10.2 Å². The van der Waals surface area contributed by atoms with Gasteiger partial charge in [-0.25, -0.2) is 0 Å². The molecule has 0 radical (unpaired) electrons. The Morgan fingerprint density at radius 3 is 2.48 bits per heavy atom. The largest absolute Gasteiger partial charge is 0.311 e. The van der Waals surface area contributed by atoms with Gasteiger partial charge in [-0.05, 0) is 30.7 Å². The molecule has 0 spiro atoms. The van der Waals surface area contributed by atoms with Crippen LogP contribution in [0.2, 0.25) is 0 Å². The Balaban J connectivity index is 1.76. The molecule has 1 N–H and O–H groups in total. The molecular weight excluding hydrogens is 256 g/mol. The maximum atomic E-state index is 3.78. The molecule has 0 bridgehead atoms. The van der Waals surface area contributed by atoms with Crippen LogP contribution in [0.15, 0.2) is 30.3 Å². The lowest BCUT2D eigenvalue weighted by Crippen LogP contribution is -2.56. The van der Waals surface area contributed by atoms with Gasteiger partial charge in [0.1, 0.15) is 0 Å². The second kappa shape index (κ2) is 6.50. The zero-order chi connectivity index (χ0) is 14.8. The molecule has 2 nitrogen and oxygen atoms in total. The SMILES string of the molecule is CC(C)C1CN(C(C)CC2CC2)C(c2ccccc2)CN1. The molecule has 2 fully saturated rings. The van der Waals surface area contributed by atoms with Crippen molar-refractivity contribution < 1.29 is 0 Å². The number of piperazine rings is 1. The van der Waals surface area contributed by atoms with Crippen molar-refractivity contribution in [1.29, 1.82) is 0 Å². The van der Waals surface area contributed by atoms with Crippen LogP contribution in [0.25, 0.3) is 0 Å². The van der Waals surface area contributed by atoms with Crippen molar-refractivity contribution in [3.05, 3.63) is 35.9 Å². The molecule has 3 atom stereocenters. The van der Waals surface area contributed by atoms with Crippen LogP contribution in [-0.2, 0) is 0 Å². The van der Waals surface area contributed by atoms with Gasteiger partial charge in [0.2, 0.25) is 0 Å². The summed E-state index contributed by atoms with van der Waals surface area (Å²) in [5.74, 6) is 1.71. The van der Waals surface area contributed by atoms with Gasteiger partial charge in [0.15, 0.2) is 0 Å². The second-order valence-electron chi connectivity index (χ2n) is 7.41. The molecule has 3 rings (SSSR count). The normalized spacial score (nSPS) is 28.8. The fourth-order valence-electron chi connectivity index (χ4n) is 3.69. The molecule has 1 saturated heterocycles. The summed E-state index contributed by atoms with van der Waals surface area (Å²) in [4.78, 5) is 2.77. The van der Waals surface area contributed by atoms with Crippen molar-refractivity contribution in [3.63, 3.8) is 0 Å². The molecule has 1 aromatic carbocycles. The first-order valence-corrected chi connectivity index (χ1v) is 8.69. The minimum absolute atomic E-state index is 0.537. The maximum Gasteiger partial charge on any atom is 0.0476 e. The van der Waals surface area contributed by atoms with Gasteiger partial charge < -0.3 is 5.32 Å². The van der Waals surface area contributed by atoms with E-state index in [4.69, 9.17) is 0 Å². The maximum absolute atomic E-state index is 3.78. The predicted molar refractivity (Wildman–Crippen MR) is 89.3 cm³/mol. The Bertz CT molecular complexity index is 438. The quantitative estimate of drug-likeness (QED) is 0.884. The highest BCUT2D eigenvalue weighted by atomic mass is 15.3. The number of rotatable bonds is 5. The molecule has 3 unspecified atom stereocenters. The standard InChI is InChI=1S/C19H30N2/c1-14(2)18-13-21(15(3)11-16-9-10-16)19(12-20-18)17-7-5-4-6-8-17/h4-8,14-16,18-20H,9-13H2,1-3H3. The molecule has 1 saturated carbocycles. The van der Waals surface area contributed by atoms with Crippen molar-refractivity contribution in [2.24, 2.45) is 11.8 Å². The Kier molecular flexibility index (Phi) is 4.66. The van der Waals surface area contributed by atoms with Crippen molar-refractivity contribution in [3.8, 4) is 0 Å². The van der Waals surface area contributed by atoms with E-state index in [1.165, 1.54) is 31.4 Å². The first-order valence-electron chi connectivity index (χ1n) is 8.69. The van der Waals surface area contributed by atoms with Crippen LogP contribution >= 0.6 is 0 Å². The molecule has 0 aromatic heterocycles. The fourth-order valence-corrected chi connectivity index (χ4v) is 3.69. The highest BCUT2D eigenvalue weighted by molar-refractivity contribution is 5.20. The average molecular weight is 286 g/mol. The third-order valence-electron chi connectivity index (χ3n) is 5.31. The molecule has 1 aliphatic heterocycles. The van der Waals surface area contributed by atoms with Crippen LogP contribution in [0.1, 0.15) is 51.6 Å². The third kappa shape index (κ3) is 3.67. The number of hydrogen-bond acceptors (Lipinski definition) is 2. The van der Waals surface area contributed by atoms with Gasteiger partial charge in [-0.1, -0.05) is 57.0 Å². The fraction of sp³-hybridized carbons (Fsp3) is 0.684. The molecule has 2 heteroatoms. The zero-order valence-electron chi connectivity index (χ0n) is 13.8. The predicted octanol–water partition coefficient (Wildman–Crippen LogP) is 3.85.